The molecule has 1 atom stereocenters. The summed E-state index contributed by atoms with van der Waals surface area (Å²) in [5, 5.41) is 0. The molecule has 0 saturated carbocycles. The van der Waals surface area contributed by atoms with Gasteiger partial charge in [-0.25, -0.2) is 0 Å². The highest BCUT2D eigenvalue weighted by molar-refractivity contribution is 6.35. The van der Waals surface area contributed by atoms with Crippen LogP contribution in [0.25, 0.3) is 0 Å². The van der Waals surface area contributed by atoms with Crippen molar-refractivity contribution in [3.8, 4) is 0 Å². The van der Waals surface area contributed by atoms with Crippen LogP contribution in [0.5, 0.6) is 0 Å². The first kappa shape index (κ1) is 13.0. The van der Waals surface area contributed by atoms with Crippen LogP contribution in [0.1, 0.15) is 33.1 Å². The third kappa shape index (κ3) is 9.92. The summed E-state index contributed by atoms with van der Waals surface area (Å²) in [7, 11) is 0.482. The van der Waals surface area contributed by atoms with E-state index in [-0.39, 0.29) is 0 Å². The van der Waals surface area contributed by atoms with Gasteiger partial charge in [0.1, 0.15) is 0 Å². The van der Waals surface area contributed by atoms with Crippen molar-refractivity contribution >= 4 is 9.52 Å². The van der Waals surface area contributed by atoms with Gasteiger partial charge in [0, 0.05) is 15.9 Å². The molecule has 0 aliphatic carbocycles. The number of halogens is 3. The summed E-state index contributed by atoms with van der Waals surface area (Å²) in [6.45, 7) is 4.26. The van der Waals surface area contributed by atoms with Gasteiger partial charge in [-0.3, -0.25) is 0 Å². The van der Waals surface area contributed by atoms with E-state index in [1.54, 1.807) is 0 Å². The standard InChI is InChI=1S/C9H17F3Si/c1-3-8(2)4-6-13-7-5-9(10,11)12/h8H,3-7H2,1-2H3/t8-/m0/s1. The van der Waals surface area contributed by atoms with Gasteiger partial charge in [-0.2, -0.15) is 13.2 Å². The molecule has 0 aliphatic heterocycles. The quantitative estimate of drug-likeness (QED) is 0.460. The topological polar surface area (TPSA) is 0 Å². The maximum absolute atomic E-state index is 11.7. The number of hydrogen-bond acceptors (Lipinski definition) is 0. The molecule has 0 unspecified atom stereocenters. The van der Waals surface area contributed by atoms with Gasteiger partial charge in [0.2, 0.25) is 0 Å². The Kier molecular flexibility index (Phi) is 6.46. The summed E-state index contributed by atoms with van der Waals surface area (Å²) in [6.07, 6.45) is -2.36. The zero-order chi connectivity index (χ0) is 10.3. The van der Waals surface area contributed by atoms with Crippen LogP contribution in [-0.4, -0.2) is 15.7 Å². The first-order chi connectivity index (χ1) is 5.95. The van der Waals surface area contributed by atoms with Gasteiger partial charge < -0.3 is 0 Å². The van der Waals surface area contributed by atoms with E-state index in [9.17, 15) is 13.2 Å². The lowest BCUT2D eigenvalue weighted by Gasteiger charge is -2.07. The van der Waals surface area contributed by atoms with E-state index >= 15 is 0 Å². The Hall–Kier alpha value is 0.00688. The Labute approximate surface area is 80.7 Å². The largest absolute Gasteiger partial charge is 0.388 e. The van der Waals surface area contributed by atoms with Crippen molar-refractivity contribution in [3.63, 3.8) is 0 Å². The van der Waals surface area contributed by atoms with Crippen molar-refractivity contribution in [1.82, 2.24) is 0 Å². The van der Waals surface area contributed by atoms with Gasteiger partial charge in [-0.15, -0.1) is 0 Å². The first-order valence-electron chi connectivity index (χ1n) is 4.73. The molecule has 0 saturated heterocycles. The predicted molar refractivity (Wildman–Crippen MR) is 50.1 cm³/mol. The van der Waals surface area contributed by atoms with Crippen molar-refractivity contribution in [2.45, 2.75) is 51.4 Å². The minimum absolute atomic E-state index is 0.319. The van der Waals surface area contributed by atoms with Gasteiger partial charge in [0.25, 0.3) is 0 Å². The van der Waals surface area contributed by atoms with Gasteiger partial charge in [0.05, 0.1) is 0 Å². The molecule has 2 radical (unpaired) electrons. The van der Waals surface area contributed by atoms with Crippen molar-refractivity contribution in [2.75, 3.05) is 0 Å². The molecule has 0 aromatic heterocycles. The van der Waals surface area contributed by atoms with E-state index in [0.29, 0.717) is 21.5 Å². The zero-order valence-electron chi connectivity index (χ0n) is 8.25. The van der Waals surface area contributed by atoms with Crippen molar-refractivity contribution < 1.29 is 13.2 Å². The van der Waals surface area contributed by atoms with E-state index in [1.165, 1.54) is 0 Å². The molecule has 0 bridgehead atoms. The molecule has 0 aromatic rings. The lowest BCUT2D eigenvalue weighted by Crippen LogP contribution is -2.08. The summed E-state index contributed by atoms with van der Waals surface area (Å²) in [5.41, 5.74) is 0. The normalized spacial score (nSPS) is 14.5. The van der Waals surface area contributed by atoms with Gasteiger partial charge in [-0.1, -0.05) is 38.8 Å². The van der Waals surface area contributed by atoms with Crippen LogP contribution in [0, 0.1) is 5.92 Å². The first-order valence-corrected chi connectivity index (χ1v) is 6.14. The molecule has 78 valence electrons. The van der Waals surface area contributed by atoms with E-state index in [2.05, 4.69) is 13.8 Å². The molecule has 4 heteroatoms. The van der Waals surface area contributed by atoms with Gasteiger partial charge in [-0.05, 0) is 5.92 Å². The third-order valence-electron chi connectivity index (χ3n) is 2.10. The average Bonchev–Trinajstić information content (AvgIpc) is 2.01. The summed E-state index contributed by atoms with van der Waals surface area (Å²) < 4.78 is 35.1. The summed E-state index contributed by atoms with van der Waals surface area (Å²) in [4.78, 5) is 0. The molecule has 0 spiro atoms. The summed E-state index contributed by atoms with van der Waals surface area (Å²) in [5.74, 6) is 0.665. The molecule has 0 heterocycles. The Balaban J connectivity index is 3.18. The maximum atomic E-state index is 11.7. The molecule has 0 rings (SSSR count). The fraction of sp³-hybridized carbons (Fsp3) is 1.00. The van der Waals surface area contributed by atoms with Crippen LogP contribution in [0.4, 0.5) is 13.2 Å². The molecule has 13 heavy (non-hydrogen) atoms. The monoisotopic (exact) mass is 210 g/mol. The highest BCUT2D eigenvalue weighted by Crippen LogP contribution is 2.22. The smallest absolute Gasteiger partial charge is 0.171 e. The predicted octanol–water partition coefficient (Wildman–Crippen LogP) is 3.92. The van der Waals surface area contributed by atoms with Gasteiger partial charge in [0.15, 0.2) is 0 Å². The summed E-state index contributed by atoms with van der Waals surface area (Å²) in [6, 6.07) is 1.28. The van der Waals surface area contributed by atoms with E-state index in [1.807, 2.05) is 0 Å². The number of alkyl halides is 3. The van der Waals surface area contributed by atoms with Crippen molar-refractivity contribution in [2.24, 2.45) is 5.92 Å². The maximum Gasteiger partial charge on any atom is 0.388 e. The average molecular weight is 210 g/mol. The minimum Gasteiger partial charge on any atom is -0.171 e. The second-order valence-electron chi connectivity index (χ2n) is 3.42. The Morgan fingerprint density at radius 2 is 1.85 bits per heavy atom. The molecular formula is C9H17F3Si. The van der Waals surface area contributed by atoms with E-state index in [4.69, 9.17) is 0 Å². The van der Waals surface area contributed by atoms with Crippen LogP contribution >= 0.6 is 0 Å². The highest BCUT2D eigenvalue weighted by atomic mass is 28.2. The lowest BCUT2D eigenvalue weighted by molar-refractivity contribution is -0.130. The van der Waals surface area contributed by atoms with Crippen LogP contribution < -0.4 is 0 Å². The second kappa shape index (κ2) is 6.46. The Bertz CT molecular complexity index is 123. The van der Waals surface area contributed by atoms with Crippen LogP contribution in [0.2, 0.25) is 12.1 Å². The summed E-state index contributed by atoms with van der Waals surface area (Å²) >= 11 is 0. The van der Waals surface area contributed by atoms with E-state index in [0.717, 1.165) is 18.9 Å². The Morgan fingerprint density at radius 3 is 2.31 bits per heavy atom. The number of hydrogen-bond donors (Lipinski definition) is 0. The van der Waals surface area contributed by atoms with Crippen LogP contribution in [0.15, 0.2) is 0 Å². The second-order valence-corrected chi connectivity index (χ2v) is 4.92. The molecular weight excluding hydrogens is 193 g/mol. The molecule has 0 fully saturated rings. The highest BCUT2D eigenvalue weighted by Gasteiger charge is 2.25. The van der Waals surface area contributed by atoms with Gasteiger partial charge >= 0.3 is 6.18 Å². The fourth-order valence-electron chi connectivity index (χ4n) is 0.908. The zero-order valence-corrected chi connectivity index (χ0v) is 9.25. The SMILES string of the molecule is CC[C@H](C)CC[Si]CCC(F)(F)F. The van der Waals surface area contributed by atoms with Crippen molar-refractivity contribution in [1.29, 1.82) is 0 Å². The molecule has 0 aliphatic rings. The van der Waals surface area contributed by atoms with E-state index < -0.39 is 12.6 Å². The van der Waals surface area contributed by atoms with Crippen LogP contribution in [-0.2, 0) is 0 Å². The fourth-order valence-corrected chi connectivity index (χ4v) is 2.31. The lowest BCUT2D eigenvalue weighted by atomic mass is 10.1. The third-order valence-corrected chi connectivity index (χ3v) is 3.34. The molecule has 0 aromatic carbocycles. The molecule has 0 nitrogen and oxygen atoms in total. The number of rotatable bonds is 6. The molecule has 0 amide bonds. The molecule has 0 N–H and O–H groups in total. The Morgan fingerprint density at radius 1 is 1.23 bits per heavy atom. The van der Waals surface area contributed by atoms with Crippen LogP contribution in [0.3, 0.4) is 0 Å². The minimum atomic E-state index is -3.95. The van der Waals surface area contributed by atoms with Crippen molar-refractivity contribution in [3.05, 3.63) is 0 Å².